The highest BCUT2D eigenvalue weighted by molar-refractivity contribution is 5.84. The van der Waals surface area contributed by atoms with Gasteiger partial charge in [0.1, 0.15) is 0 Å². The van der Waals surface area contributed by atoms with Gasteiger partial charge in [0.05, 0.1) is 24.4 Å². The predicted octanol–water partition coefficient (Wildman–Crippen LogP) is 4.06. The standard InChI is InChI=1S/C24H34N2O2/c1-17-11-25(12-18(2)27-17)15-23-9-21-7-5-6-8-22(21)10-24(23)16-26-13-19(3)28-20(4)14-26/h5-10,17-20H,11-16H2,1-4H3. The third-order valence-corrected chi connectivity index (χ3v) is 5.85. The van der Waals surface area contributed by atoms with E-state index in [1.807, 2.05) is 0 Å². The maximum absolute atomic E-state index is 5.94. The van der Waals surface area contributed by atoms with E-state index in [1.165, 1.54) is 21.9 Å². The lowest BCUT2D eigenvalue weighted by atomic mass is 9.99. The summed E-state index contributed by atoms with van der Waals surface area (Å²) in [6.45, 7) is 14.7. The van der Waals surface area contributed by atoms with E-state index in [4.69, 9.17) is 9.47 Å². The number of hydrogen-bond donors (Lipinski definition) is 0. The van der Waals surface area contributed by atoms with E-state index in [1.54, 1.807) is 0 Å². The second kappa shape index (κ2) is 8.50. The van der Waals surface area contributed by atoms with Crippen LogP contribution in [-0.2, 0) is 22.6 Å². The summed E-state index contributed by atoms with van der Waals surface area (Å²) >= 11 is 0. The number of benzene rings is 2. The van der Waals surface area contributed by atoms with E-state index < -0.39 is 0 Å². The molecular weight excluding hydrogens is 348 g/mol. The molecule has 4 nitrogen and oxygen atoms in total. The second-order valence-corrected chi connectivity index (χ2v) is 8.87. The third kappa shape index (κ3) is 4.74. The quantitative estimate of drug-likeness (QED) is 0.796. The van der Waals surface area contributed by atoms with Gasteiger partial charge in [-0.25, -0.2) is 0 Å². The fourth-order valence-electron chi connectivity index (χ4n) is 4.94. The summed E-state index contributed by atoms with van der Waals surface area (Å²) in [6.07, 6.45) is 1.20. The van der Waals surface area contributed by atoms with E-state index in [9.17, 15) is 0 Å². The molecule has 4 rings (SSSR count). The minimum atomic E-state index is 0.300. The highest BCUT2D eigenvalue weighted by Gasteiger charge is 2.25. The van der Waals surface area contributed by atoms with Crippen LogP contribution in [0.4, 0.5) is 0 Å². The largest absolute Gasteiger partial charge is 0.373 e. The minimum Gasteiger partial charge on any atom is -0.373 e. The number of fused-ring (bicyclic) bond motifs is 1. The highest BCUT2D eigenvalue weighted by atomic mass is 16.5. The Balaban J connectivity index is 1.60. The third-order valence-electron chi connectivity index (χ3n) is 5.85. The van der Waals surface area contributed by atoms with Crippen molar-refractivity contribution in [3.63, 3.8) is 0 Å². The molecule has 0 spiro atoms. The van der Waals surface area contributed by atoms with Gasteiger partial charge < -0.3 is 9.47 Å². The van der Waals surface area contributed by atoms with Gasteiger partial charge in [-0.1, -0.05) is 24.3 Å². The fraction of sp³-hybridized carbons (Fsp3) is 0.583. The Bertz CT molecular complexity index is 722. The van der Waals surface area contributed by atoms with Crippen LogP contribution >= 0.6 is 0 Å². The summed E-state index contributed by atoms with van der Waals surface area (Å²) < 4.78 is 11.9. The number of morpholine rings is 2. The summed E-state index contributed by atoms with van der Waals surface area (Å²) in [5, 5.41) is 2.67. The molecule has 0 N–H and O–H groups in total. The smallest absolute Gasteiger partial charge is 0.0678 e. The number of rotatable bonds is 4. The molecule has 2 aliphatic rings. The van der Waals surface area contributed by atoms with Gasteiger partial charge in [-0.05, 0) is 61.7 Å². The Morgan fingerprint density at radius 2 is 1.04 bits per heavy atom. The molecule has 0 aliphatic carbocycles. The molecule has 2 aromatic carbocycles. The Hall–Kier alpha value is -1.46. The molecule has 4 atom stereocenters. The van der Waals surface area contributed by atoms with E-state index in [2.05, 4.69) is 73.9 Å². The maximum atomic E-state index is 5.94. The predicted molar refractivity (Wildman–Crippen MR) is 115 cm³/mol. The average molecular weight is 383 g/mol. The van der Waals surface area contributed by atoms with Crippen LogP contribution in [0.2, 0.25) is 0 Å². The molecule has 0 saturated carbocycles. The fourth-order valence-corrected chi connectivity index (χ4v) is 4.94. The van der Waals surface area contributed by atoms with Crippen molar-refractivity contribution in [1.29, 1.82) is 0 Å². The summed E-state index contributed by atoms with van der Waals surface area (Å²) in [6, 6.07) is 13.5. The number of ether oxygens (including phenoxy) is 2. The lowest BCUT2D eigenvalue weighted by molar-refractivity contribution is -0.0725. The molecule has 4 unspecified atom stereocenters. The lowest BCUT2D eigenvalue weighted by Crippen LogP contribution is -2.46. The first-order valence-corrected chi connectivity index (χ1v) is 10.7. The molecular formula is C24H34N2O2. The van der Waals surface area contributed by atoms with Gasteiger partial charge in [-0.15, -0.1) is 0 Å². The lowest BCUT2D eigenvalue weighted by Gasteiger charge is -2.37. The van der Waals surface area contributed by atoms with Crippen LogP contribution in [0.15, 0.2) is 36.4 Å². The van der Waals surface area contributed by atoms with Gasteiger partial charge in [-0.3, -0.25) is 9.80 Å². The topological polar surface area (TPSA) is 24.9 Å². The first kappa shape index (κ1) is 19.8. The summed E-state index contributed by atoms with van der Waals surface area (Å²) in [5.41, 5.74) is 2.90. The second-order valence-electron chi connectivity index (χ2n) is 8.87. The minimum absolute atomic E-state index is 0.300. The van der Waals surface area contributed by atoms with Gasteiger partial charge in [-0.2, -0.15) is 0 Å². The maximum Gasteiger partial charge on any atom is 0.0678 e. The van der Waals surface area contributed by atoms with E-state index >= 15 is 0 Å². The zero-order chi connectivity index (χ0) is 19.7. The Kier molecular flexibility index (Phi) is 6.02. The molecule has 0 bridgehead atoms. The van der Waals surface area contributed by atoms with Crippen molar-refractivity contribution in [1.82, 2.24) is 9.80 Å². The summed E-state index contributed by atoms with van der Waals surface area (Å²) in [5.74, 6) is 0. The van der Waals surface area contributed by atoms with E-state index in [-0.39, 0.29) is 0 Å². The molecule has 0 aromatic heterocycles. The first-order chi connectivity index (χ1) is 13.5. The Labute approximate surface area is 169 Å². The zero-order valence-corrected chi connectivity index (χ0v) is 17.7. The summed E-state index contributed by atoms with van der Waals surface area (Å²) in [7, 11) is 0. The van der Waals surface area contributed by atoms with Gasteiger partial charge >= 0.3 is 0 Å². The molecule has 28 heavy (non-hydrogen) atoms. The van der Waals surface area contributed by atoms with Crippen LogP contribution < -0.4 is 0 Å². The van der Waals surface area contributed by atoms with Crippen LogP contribution in [0.25, 0.3) is 10.8 Å². The van der Waals surface area contributed by atoms with Gasteiger partial charge in [0.25, 0.3) is 0 Å². The monoisotopic (exact) mass is 382 g/mol. The average Bonchev–Trinajstić information content (AvgIpc) is 2.60. The van der Waals surface area contributed by atoms with Gasteiger partial charge in [0.2, 0.25) is 0 Å². The molecule has 2 aliphatic heterocycles. The number of hydrogen-bond acceptors (Lipinski definition) is 4. The van der Waals surface area contributed by atoms with Crippen molar-refractivity contribution in [2.45, 2.75) is 65.2 Å². The first-order valence-electron chi connectivity index (χ1n) is 10.7. The molecule has 2 fully saturated rings. The van der Waals surface area contributed by atoms with Gasteiger partial charge in [0, 0.05) is 39.3 Å². The van der Waals surface area contributed by atoms with E-state index in [0.29, 0.717) is 24.4 Å². The van der Waals surface area contributed by atoms with Crippen LogP contribution in [0.1, 0.15) is 38.8 Å². The van der Waals surface area contributed by atoms with E-state index in [0.717, 1.165) is 39.3 Å². The van der Waals surface area contributed by atoms with Crippen molar-refractivity contribution < 1.29 is 9.47 Å². The number of nitrogens with zero attached hydrogens (tertiary/aromatic N) is 2. The molecule has 4 heteroatoms. The van der Waals surface area contributed by atoms with Crippen LogP contribution in [0.5, 0.6) is 0 Å². The normalized spacial score (nSPS) is 30.0. The Morgan fingerprint density at radius 1 is 0.679 bits per heavy atom. The van der Waals surface area contributed by atoms with Crippen molar-refractivity contribution in [2.75, 3.05) is 26.2 Å². The van der Waals surface area contributed by atoms with Crippen molar-refractivity contribution >= 4 is 10.8 Å². The zero-order valence-electron chi connectivity index (χ0n) is 17.7. The molecule has 2 saturated heterocycles. The highest BCUT2D eigenvalue weighted by Crippen LogP contribution is 2.25. The van der Waals surface area contributed by atoms with Crippen LogP contribution in [0, 0.1) is 0 Å². The van der Waals surface area contributed by atoms with Crippen LogP contribution in [-0.4, -0.2) is 60.4 Å². The SMILES string of the molecule is CC1CN(Cc2cc3ccccc3cc2CN2CC(C)OC(C)C2)CC(C)O1. The van der Waals surface area contributed by atoms with Gasteiger partial charge in [0.15, 0.2) is 0 Å². The van der Waals surface area contributed by atoms with Crippen molar-refractivity contribution in [3.05, 3.63) is 47.5 Å². The molecule has 0 amide bonds. The Morgan fingerprint density at radius 3 is 1.39 bits per heavy atom. The van der Waals surface area contributed by atoms with Crippen molar-refractivity contribution in [3.8, 4) is 0 Å². The molecule has 0 radical (unpaired) electrons. The molecule has 2 heterocycles. The van der Waals surface area contributed by atoms with Crippen molar-refractivity contribution in [2.24, 2.45) is 0 Å². The summed E-state index contributed by atoms with van der Waals surface area (Å²) in [4.78, 5) is 5.11. The van der Waals surface area contributed by atoms with Crippen LogP contribution in [0.3, 0.4) is 0 Å². The molecule has 152 valence electrons. The molecule has 2 aromatic rings.